The molecule has 1 aliphatic rings. The molecule has 1 aliphatic heterocycles. The first-order valence-corrected chi connectivity index (χ1v) is 6.36. The van der Waals surface area contributed by atoms with Gasteiger partial charge in [0.2, 0.25) is 0 Å². The summed E-state index contributed by atoms with van der Waals surface area (Å²) in [5, 5.41) is 0. The van der Waals surface area contributed by atoms with Gasteiger partial charge in [0.15, 0.2) is 5.44 Å². The maximum absolute atomic E-state index is 11.5. The molecule has 1 aromatic rings. The molecule has 0 saturated carbocycles. The van der Waals surface area contributed by atoms with Gasteiger partial charge in [0, 0.05) is 5.75 Å². The van der Waals surface area contributed by atoms with Crippen LogP contribution in [0.5, 0.6) is 0 Å². The van der Waals surface area contributed by atoms with E-state index in [2.05, 4.69) is 0 Å². The van der Waals surface area contributed by atoms with Crippen LogP contribution in [0.3, 0.4) is 0 Å². The zero-order valence-electron chi connectivity index (χ0n) is 8.63. The lowest BCUT2D eigenvalue weighted by Crippen LogP contribution is -2.21. The number of rotatable bonds is 3. The molecule has 0 aromatic heterocycles. The van der Waals surface area contributed by atoms with E-state index in [-0.39, 0.29) is 6.61 Å². The molecule has 2 rings (SSSR count). The Morgan fingerprint density at radius 1 is 1.44 bits per heavy atom. The van der Waals surface area contributed by atoms with Crippen LogP contribution in [0.2, 0.25) is 0 Å². The number of hydrogen-bond acceptors (Lipinski definition) is 4. The molecule has 1 fully saturated rings. The molecule has 0 aliphatic carbocycles. The molecule has 0 spiro atoms. The smallest absolute Gasteiger partial charge is 0.338 e. The summed E-state index contributed by atoms with van der Waals surface area (Å²) in [7, 11) is -1.03. The van der Waals surface area contributed by atoms with Gasteiger partial charge in [-0.05, 0) is 12.1 Å². The predicted molar refractivity (Wildman–Crippen MR) is 59.5 cm³/mol. The topological polar surface area (TPSA) is 52.6 Å². The van der Waals surface area contributed by atoms with E-state index >= 15 is 0 Å². The maximum atomic E-state index is 11.5. The van der Waals surface area contributed by atoms with Crippen molar-refractivity contribution in [1.29, 1.82) is 0 Å². The molecular formula is C11H12O4S. The number of carbonyl (C=O) groups excluding carboxylic acids is 1. The number of benzene rings is 1. The fourth-order valence-electron chi connectivity index (χ4n) is 1.39. The van der Waals surface area contributed by atoms with Crippen molar-refractivity contribution in [3.05, 3.63) is 35.9 Å². The minimum absolute atomic E-state index is 0.0559. The van der Waals surface area contributed by atoms with Crippen LogP contribution in [-0.2, 0) is 20.3 Å². The van der Waals surface area contributed by atoms with Crippen LogP contribution in [0.4, 0.5) is 0 Å². The van der Waals surface area contributed by atoms with Crippen LogP contribution in [0.15, 0.2) is 30.3 Å². The molecule has 0 amide bonds. The molecule has 0 bridgehead atoms. The molecular weight excluding hydrogens is 228 g/mol. The number of ether oxygens (including phenoxy) is 2. The second-order valence-corrected chi connectivity index (χ2v) is 5.05. The second kappa shape index (κ2) is 5.23. The highest BCUT2D eigenvalue weighted by molar-refractivity contribution is 7.85. The van der Waals surface area contributed by atoms with Crippen LogP contribution in [-0.4, -0.2) is 34.6 Å². The van der Waals surface area contributed by atoms with E-state index in [9.17, 15) is 9.00 Å². The molecule has 86 valence electrons. The van der Waals surface area contributed by atoms with Gasteiger partial charge in [-0.15, -0.1) is 0 Å². The van der Waals surface area contributed by atoms with E-state index in [0.29, 0.717) is 17.9 Å². The highest BCUT2D eigenvalue weighted by Crippen LogP contribution is 2.10. The van der Waals surface area contributed by atoms with Crippen LogP contribution in [0, 0.1) is 0 Å². The quantitative estimate of drug-likeness (QED) is 0.738. The third-order valence-electron chi connectivity index (χ3n) is 2.24. The van der Waals surface area contributed by atoms with Crippen molar-refractivity contribution < 1.29 is 18.5 Å². The average Bonchev–Trinajstić information content (AvgIpc) is 2.73. The molecule has 16 heavy (non-hydrogen) atoms. The van der Waals surface area contributed by atoms with Crippen molar-refractivity contribution >= 4 is 16.8 Å². The molecule has 4 nitrogen and oxygen atoms in total. The van der Waals surface area contributed by atoms with Gasteiger partial charge >= 0.3 is 5.97 Å². The molecule has 1 heterocycles. The van der Waals surface area contributed by atoms with E-state index < -0.39 is 22.2 Å². The van der Waals surface area contributed by atoms with Gasteiger partial charge in [0.1, 0.15) is 6.61 Å². The summed E-state index contributed by atoms with van der Waals surface area (Å²) in [5.74, 6) is 0.112. The highest BCUT2D eigenvalue weighted by atomic mass is 32.2. The fourth-order valence-corrected chi connectivity index (χ4v) is 2.39. The Morgan fingerprint density at radius 2 is 2.19 bits per heavy atom. The zero-order chi connectivity index (χ0) is 11.4. The van der Waals surface area contributed by atoms with Crippen LogP contribution in [0.25, 0.3) is 0 Å². The number of hydrogen-bond donors (Lipinski definition) is 0. The monoisotopic (exact) mass is 240 g/mol. The van der Waals surface area contributed by atoms with Gasteiger partial charge in [-0.25, -0.2) is 4.79 Å². The van der Waals surface area contributed by atoms with Crippen LogP contribution < -0.4 is 0 Å². The zero-order valence-corrected chi connectivity index (χ0v) is 9.44. The molecule has 1 aromatic carbocycles. The van der Waals surface area contributed by atoms with E-state index in [1.165, 1.54) is 0 Å². The second-order valence-electron chi connectivity index (χ2n) is 3.35. The third kappa shape index (κ3) is 2.68. The lowest BCUT2D eigenvalue weighted by Gasteiger charge is -2.09. The Morgan fingerprint density at radius 3 is 2.81 bits per heavy atom. The number of carbonyl (C=O) groups is 1. The highest BCUT2D eigenvalue weighted by Gasteiger charge is 2.25. The Bertz CT molecular complexity index is 390. The van der Waals surface area contributed by atoms with E-state index in [1.807, 2.05) is 6.07 Å². The lowest BCUT2D eigenvalue weighted by molar-refractivity contribution is 0.0292. The predicted octanol–water partition coefficient (Wildman–Crippen LogP) is 0.948. The molecule has 5 heteroatoms. The summed E-state index contributed by atoms with van der Waals surface area (Å²) in [6.07, 6.45) is 0. The first-order valence-electron chi connectivity index (χ1n) is 4.98. The summed E-state index contributed by atoms with van der Waals surface area (Å²) in [4.78, 5) is 11.5. The van der Waals surface area contributed by atoms with Gasteiger partial charge in [-0.2, -0.15) is 0 Å². The average molecular weight is 240 g/mol. The van der Waals surface area contributed by atoms with E-state index in [0.717, 1.165) is 0 Å². The fraction of sp³-hybridized carbons (Fsp3) is 0.364. The molecule has 0 N–H and O–H groups in total. The Labute approximate surface area is 96.0 Å². The maximum Gasteiger partial charge on any atom is 0.338 e. The van der Waals surface area contributed by atoms with Crippen molar-refractivity contribution in [2.45, 2.75) is 5.44 Å². The standard InChI is InChI=1S/C11H12O4S/c12-11(9-4-2-1-3-5-9)15-8-10-14-6-7-16(10)13/h1-5,10H,6-8H2/t10-,16?/m1/s1. The van der Waals surface area contributed by atoms with Gasteiger partial charge in [0.25, 0.3) is 0 Å². The van der Waals surface area contributed by atoms with Gasteiger partial charge in [0.05, 0.1) is 23.0 Å². The normalized spacial score (nSPS) is 24.2. The molecule has 1 saturated heterocycles. The van der Waals surface area contributed by atoms with Crippen molar-refractivity contribution in [3.63, 3.8) is 0 Å². The first-order chi connectivity index (χ1) is 7.77. The Hall–Kier alpha value is -1.20. The van der Waals surface area contributed by atoms with E-state index in [4.69, 9.17) is 9.47 Å². The number of esters is 1. The van der Waals surface area contributed by atoms with Crippen molar-refractivity contribution in [2.75, 3.05) is 19.0 Å². The first kappa shape index (κ1) is 11.3. The molecule has 2 atom stereocenters. The lowest BCUT2D eigenvalue weighted by atomic mass is 10.2. The third-order valence-corrected chi connectivity index (χ3v) is 3.67. The van der Waals surface area contributed by atoms with Crippen LogP contribution >= 0.6 is 0 Å². The summed E-state index contributed by atoms with van der Waals surface area (Å²) >= 11 is 0. The van der Waals surface area contributed by atoms with Crippen LogP contribution in [0.1, 0.15) is 10.4 Å². The SMILES string of the molecule is O=C(OC[C@@H]1OCCS1=O)c1ccccc1. The van der Waals surface area contributed by atoms with Crippen molar-refractivity contribution in [1.82, 2.24) is 0 Å². The summed E-state index contributed by atoms with van der Waals surface area (Å²) in [5.41, 5.74) is 0.0268. The van der Waals surface area contributed by atoms with Crippen molar-refractivity contribution in [3.8, 4) is 0 Å². The van der Waals surface area contributed by atoms with Gasteiger partial charge in [-0.3, -0.25) is 4.21 Å². The molecule has 0 radical (unpaired) electrons. The minimum Gasteiger partial charge on any atom is -0.458 e. The van der Waals surface area contributed by atoms with E-state index in [1.54, 1.807) is 24.3 Å². The van der Waals surface area contributed by atoms with Crippen molar-refractivity contribution in [2.24, 2.45) is 0 Å². The minimum atomic E-state index is -1.03. The summed E-state index contributed by atoms with van der Waals surface area (Å²) in [6, 6.07) is 8.71. The Balaban J connectivity index is 1.87. The largest absolute Gasteiger partial charge is 0.458 e. The summed E-state index contributed by atoms with van der Waals surface area (Å²) < 4.78 is 21.5. The Kier molecular flexibility index (Phi) is 3.69. The van der Waals surface area contributed by atoms with Gasteiger partial charge in [-0.1, -0.05) is 18.2 Å². The molecule has 1 unspecified atom stereocenters. The summed E-state index contributed by atoms with van der Waals surface area (Å²) in [6.45, 7) is 0.528. The van der Waals surface area contributed by atoms with Gasteiger partial charge < -0.3 is 9.47 Å².